The van der Waals surface area contributed by atoms with E-state index in [1.165, 1.54) is 11.9 Å². The standard InChI is InChI=1S/C26H30N6O2S/c1-18-13-19(2)15-22(14-18)35-32(17-26(33)34)21-5-6-23-20(16-21)9-11-31(23)25-8-7-24(28-29-25)27-10-12-30(3)4/h5-9,11,13-16H,10,12,17H2,1-4H3,(H,27,28)(H,33,34). The van der Waals surface area contributed by atoms with E-state index in [4.69, 9.17) is 0 Å². The van der Waals surface area contributed by atoms with Gasteiger partial charge >= 0.3 is 5.97 Å². The van der Waals surface area contributed by atoms with Crippen LogP contribution in [-0.4, -0.2) is 64.5 Å². The summed E-state index contributed by atoms with van der Waals surface area (Å²) in [5.41, 5.74) is 4.10. The lowest BCUT2D eigenvalue weighted by Crippen LogP contribution is -2.22. The van der Waals surface area contributed by atoms with Gasteiger partial charge < -0.3 is 19.6 Å². The Morgan fingerprint density at radius 2 is 1.80 bits per heavy atom. The van der Waals surface area contributed by atoms with Gasteiger partial charge in [-0.2, -0.15) is 0 Å². The van der Waals surface area contributed by atoms with Crippen LogP contribution in [0.4, 0.5) is 11.5 Å². The summed E-state index contributed by atoms with van der Waals surface area (Å²) in [6, 6.07) is 18.1. The number of nitrogens with one attached hydrogen (secondary N) is 1. The number of rotatable bonds is 10. The van der Waals surface area contributed by atoms with Crippen LogP contribution in [0.5, 0.6) is 0 Å². The normalized spacial score (nSPS) is 11.2. The van der Waals surface area contributed by atoms with Crippen LogP contribution >= 0.6 is 11.9 Å². The van der Waals surface area contributed by atoms with Crippen molar-refractivity contribution in [3.8, 4) is 5.82 Å². The Morgan fingerprint density at radius 3 is 2.46 bits per heavy atom. The first-order chi connectivity index (χ1) is 16.8. The van der Waals surface area contributed by atoms with Crippen LogP contribution in [-0.2, 0) is 4.79 Å². The Balaban J connectivity index is 1.57. The van der Waals surface area contributed by atoms with Crippen molar-refractivity contribution in [3.63, 3.8) is 0 Å². The van der Waals surface area contributed by atoms with Crippen LogP contribution in [0, 0.1) is 13.8 Å². The second kappa shape index (κ2) is 10.8. The first-order valence-electron chi connectivity index (χ1n) is 11.4. The number of hydrogen-bond donors (Lipinski definition) is 2. The number of carboxylic acid groups (broad SMARTS) is 1. The molecule has 0 bridgehead atoms. The molecule has 0 unspecified atom stereocenters. The monoisotopic (exact) mass is 490 g/mol. The minimum atomic E-state index is -0.880. The summed E-state index contributed by atoms with van der Waals surface area (Å²) in [6.45, 7) is 5.68. The van der Waals surface area contributed by atoms with Crippen LogP contribution in [0.25, 0.3) is 16.7 Å². The van der Waals surface area contributed by atoms with Gasteiger partial charge in [0.25, 0.3) is 0 Å². The van der Waals surface area contributed by atoms with Gasteiger partial charge in [0.15, 0.2) is 5.82 Å². The van der Waals surface area contributed by atoms with Gasteiger partial charge in [-0.3, -0.25) is 9.36 Å². The SMILES string of the molecule is Cc1cc(C)cc(SN(CC(=O)O)c2ccc3c(ccn3-c3ccc(NCCN(C)C)nn3)c2)c1. The summed E-state index contributed by atoms with van der Waals surface area (Å²) in [6.07, 6.45) is 1.95. The van der Waals surface area contributed by atoms with Gasteiger partial charge in [0.05, 0.1) is 5.52 Å². The smallest absolute Gasteiger partial charge is 0.324 e. The van der Waals surface area contributed by atoms with E-state index < -0.39 is 5.97 Å². The molecule has 2 N–H and O–H groups in total. The molecule has 0 aliphatic rings. The van der Waals surface area contributed by atoms with E-state index in [0.717, 1.165) is 57.3 Å². The van der Waals surface area contributed by atoms with Crippen LogP contribution in [0.2, 0.25) is 0 Å². The molecule has 0 saturated carbocycles. The van der Waals surface area contributed by atoms with Crippen molar-refractivity contribution in [2.75, 3.05) is 43.4 Å². The maximum absolute atomic E-state index is 11.6. The average molecular weight is 491 g/mol. The molecule has 8 nitrogen and oxygen atoms in total. The minimum Gasteiger partial charge on any atom is -0.480 e. The van der Waals surface area contributed by atoms with Crippen molar-refractivity contribution in [1.82, 2.24) is 19.7 Å². The second-order valence-corrected chi connectivity index (χ2v) is 9.88. The van der Waals surface area contributed by atoms with Gasteiger partial charge in [-0.15, -0.1) is 10.2 Å². The maximum Gasteiger partial charge on any atom is 0.324 e. The van der Waals surface area contributed by atoms with Gasteiger partial charge in [-0.1, -0.05) is 6.07 Å². The van der Waals surface area contributed by atoms with Crippen molar-refractivity contribution in [2.24, 2.45) is 0 Å². The molecule has 0 fully saturated rings. The van der Waals surface area contributed by atoms with Crippen LogP contribution in [0.1, 0.15) is 11.1 Å². The zero-order chi connectivity index (χ0) is 24.9. The lowest BCUT2D eigenvalue weighted by molar-refractivity contribution is -0.135. The van der Waals surface area contributed by atoms with Crippen LogP contribution < -0.4 is 9.62 Å². The molecule has 4 rings (SSSR count). The molecule has 0 spiro atoms. The summed E-state index contributed by atoms with van der Waals surface area (Å²) < 4.78 is 3.79. The maximum atomic E-state index is 11.6. The summed E-state index contributed by atoms with van der Waals surface area (Å²) in [4.78, 5) is 14.7. The van der Waals surface area contributed by atoms with Crippen LogP contribution in [0.3, 0.4) is 0 Å². The largest absolute Gasteiger partial charge is 0.480 e. The Kier molecular flexibility index (Phi) is 7.57. The lowest BCUT2D eigenvalue weighted by atomic mass is 10.2. The molecule has 0 atom stereocenters. The van der Waals surface area contributed by atoms with Gasteiger partial charge in [0.2, 0.25) is 0 Å². The van der Waals surface area contributed by atoms with Crippen LogP contribution in [0.15, 0.2) is 65.7 Å². The topological polar surface area (TPSA) is 86.5 Å². The van der Waals surface area contributed by atoms with Crippen molar-refractivity contribution >= 4 is 40.3 Å². The van der Waals surface area contributed by atoms with E-state index in [2.05, 4.69) is 38.6 Å². The number of benzene rings is 2. The molecule has 0 saturated heterocycles. The third-order valence-corrected chi connectivity index (χ3v) is 6.42. The Bertz CT molecular complexity index is 1300. The summed E-state index contributed by atoms with van der Waals surface area (Å²) >= 11 is 1.43. The Labute approximate surface area is 209 Å². The molecule has 182 valence electrons. The number of likely N-dealkylation sites (N-methyl/N-ethyl adjacent to an activating group) is 1. The van der Waals surface area contributed by atoms with Crippen molar-refractivity contribution < 1.29 is 9.90 Å². The second-order valence-electron chi connectivity index (χ2n) is 8.78. The average Bonchev–Trinajstić information content (AvgIpc) is 3.21. The Morgan fingerprint density at radius 1 is 1.03 bits per heavy atom. The minimum absolute atomic E-state index is 0.113. The molecular weight excluding hydrogens is 460 g/mol. The number of carboxylic acids is 1. The number of fused-ring (bicyclic) bond motifs is 1. The molecule has 0 radical (unpaired) electrons. The molecule has 35 heavy (non-hydrogen) atoms. The van der Waals surface area contributed by atoms with E-state index in [0.29, 0.717) is 0 Å². The Hall–Kier alpha value is -3.56. The quantitative estimate of drug-likeness (QED) is 0.312. The highest BCUT2D eigenvalue weighted by Gasteiger charge is 2.15. The number of aromatic nitrogens is 3. The molecule has 4 aromatic rings. The van der Waals surface area contributed by atoms with E-state index in [-0.39, 0.29) is 6.54 Å². The van der Waals surface area contributed by atoms with E-state index in [1.54, 1.807) is 4.31 Å². The summed E-state index contributed by atoms with van der Waals surface area (Å²) in [5, 5.41) is 22.5. The van der Waals surface area contributed by atoms with Gasteiger partial charge in [-0.25, -0.2) is 0 Å². The van der Waals surface area contributed by atoms with Crippen molar-refractivity contribution in [2.45, 2.75) is 18.7 Å². The van der Waals surface area contributed by atoms with E-state index in [1.807, 2.05) is 75.1 Å². The van der Waals surface area contributed by atoms with E-state index >= 15 is 0 Å². The highest BCUT2D eigenvalue weighted by atomic mass is 32.2. The summed E-state index contributed by atoms with van der Waals surface area (Å²) in [7, 11) is 4.06. The molecule has 0 amide bonds. The predicted octanol–water partition coefficient (Wildman–Crippen LogP) is 4.61. The van der Waals surface area contributed by atoms with Gasteiger partial charge in [0.1, 0.15) is 12.4 Å². The fourth-order valence-corrected chi connectivity index (χ4v) is 4.98. The van der Waals surface area contributed by atoms with Gasteiger partial charge in [0, 0.05) is 35.3 Å². The van der Waals surface area contributed by atoms with Gasteiger partial charge in [-0.05, 0) is 99.5 Å². The molecular formula is C26H30N6O2S. The zero-order valence-electron chi connectivity index (χ0n) is 20.4. The fourth-order valence-electron chi connectivity index (χ4n) is 3.85. The number of aryl methyl sites for hydroxylation is 2. The number of hydrogen-bond acceptors (Lipinski definition) is 7. The number of anilines is 2. The molecule has 2 aromatic carbocycles. The van der Waals surface area contributed by atoms with Crippen molar-refractivity contribution in [1.29, 1.82) is 0 Å². The highest BCUT2D eigenvalue weighted by Crippen LogP contribution is 2.33. The number of nitrogens with zero attached hydrogens (tertiary/aromatic N) is 5. The molecule has 0 aliphatic heterocycles. The first-order valence-corrected chi connectivity index (χ1v) is 12.2. The van der Waals surface area contributed by atoms with Crippen molar-refractivity contribution in [3.05, 3.63) is 71.9 Å². The molecule has 0 aliphatic carbocycles. The third kappa shape index (κ3) is 6.32. The first kappa shape index (κ1) is 24.6. The number of carbonyl (C=O) groups is 1. The third-order valence-electron chi connectivity index (χ3n) is 5.41. The fraction of sp³-hybridized carbons (Fsp3) is 0.269. The predicted molar refractivity (Wildman–Crippen MR) is 143 cm³/mol. The lowest BCUT2D eigenvalue weighted by Gasteiger charge is -2.22. The molecule has 2 aromatic heterocycles. The zero-order valence-corrected chi connectivity index (χ0v) is 21.2. The molecule has 2 heterocycles. The molecule has 9 heteroatoms. The number of aliphatic carboxylic acids is 1. The summed E-state index contributed by atoms with van der Waals surface area (Å²) in [5.74, 6) is 0.578. The van der Waals surface area contributed by atoms with E-state index in [9.17, 15) is 9.90 Å². The highest BCUT2D eigenvalue weighted by molar-refractivity contribution is 8.00.